The zero-order chi connectivity index (χ0) is 15.1. The monoisotopic (exact) mass is 304 g/mol. The molecule has 6 heteroatoms. The van der Waals surface area contributed by atoms with E-state index < -0.39 is 0 Å². The van der Waals surface area contributed by atoms with Crippen LogP contribution in [-0.2, 0) is 0 Å². The number of thiophene rings is 1. The van der Waals surface area contributed by atoms with Crippen molar-refractivity contribution in [3.8, 4) is 0 Å². The van der Waals surface area contributed by atoms with Gasteiger partial charge in [-0.25, -0.2) is 0 Å². The molecule has 21 heavy (non-hydrogen) atoms. The van der Waals surface area contributed by atoms with Crippen molar-refractivity contribution in [3.05, 3.63) is 22.3 Å². The number of aryl methyl sites for hydroxylation is 2. The molecule has 0 aromatic carbocycles. The Morgan fingerprint density at radius 3 is 2.95 bits per heavy atom. The van der Waals surface area contributed by atoms with Gasteiger partial charge in [-0.1, -0.05) is 0 Å². The summed E-state index contributed by atoms with van der Waals surface area (Å²) >= 11 is 1.46. The number of rotatable bonds is 1. The Morgan fingerprint density at radius 2 is 2.24 bits per heavy atom. The second kappa shape index (κ2) is 5.27. The van der Waals surface area contributed by atoms with Gasteiger partial charge in [-0.2, -0.15) is 0 Å². The second-order valence-electron chi connectivity index (χ2n) is 5.72. The van der Waals surface area contributed by atoms with E-state index in [0.717, 1.165) is 40.9 Å². The van der Waals surface area contributed by atoms with Gasteiger partial charge in [0.15, 0.2) is 0 Å². The van der Waals surface area contributed by atoms with Gasteiger partial charge in [0.2, 0.25) is 0 Å². The normalized spacial score (nSPS) is 19.2. The minimum absolute atomic E-state index is 0.000836. The highest BCUT2D eigenvalue weighted by molar-refractivity contribution is 7.21. The van der Waals surface area contributed by atoms with Crippen molar-refractivity contribution in [2.24, 2.45) is 5.73 Å². The first kappa shape index (κ1) is 14.3. The lowest BCUT2D eigenvalue weighted by Crippen LogP contribution is -2.45. The van der Waals surface area contributed by atoms with Crippen LogP contribution in [0.3, 0.4) is 0 Å². The molecule has 1 unspecified atom stereocenters. The molecule has 0 bridgehead atoms. The Kier molecular flexibility index (Phi) is 3.59. The smallest absolute Gasteiger partial charge is 0.266 e. The van der Waals surface area contributed by atoms with E-state index in [4.69, 9.17) is 11.5 Å². The summed E-state index contributed by atoms with van der Waals surface area (Å²) in [5, 5.41) is 0.912. The van der Waals surface area contributed by atoms with Crippen LogP contribution in [0.2, 0.25) is 0 Å². The summed E-state index contributed by atoms with van der Waals surface area (Å²) in [6, 6.07) is 2.06. The first-order chi connectivity index (χ1) is 9.97. The number of carbonyl (C=O) groups excluding carboxylic acids is 1. The molecule has 1 aliphatic rings. The zero-order valence-corrected chi connectivity index (χ0v) is 13.2. The topological polar surface area (TPSA) is 85.2 Å². The van der Waals surface area contributed by atoms with Gasteiger partial charge in [0.25, 0.3) is 5.91 Å². The molecule has 3 heterocycles. The number of likely N-dealkylation sites (tertiary alicyclic amines) is 1. The maximum Gasteiger partial charge on any atom is 0.266 e. The number of nitrogens with two attached hydrogens (primary N) is 2. The lowest BCUT2D eigenvalue weighted by Gasteiger charge is -2.30. The van der Waals surface area contributed by atoms with E-state index in [1.807, 2.05) is 24.8 Å². The molecule has 1 fully saturated rings. The molecule has 112 valence electrons. The van der Waals surface area contributed by atoms with Crippen molar-refractivity contribution in [2.75, 3.05) is 18.8 Å². The van der Waals surface area contributed by atoms with E-state index in [-0.39, 0.29) is 11.9 Å². The molecule has 1 amide bonds. The van der Waals surface area contributed by atoms with E-state index in [2.05, 4.69) is 4.98 Å². The molecular formula is C15H20N4OS. The molecule has 0 saturated carbocycles. The molecule has 0 aliphatic carbocycles. The van der Waals surface area contributed by atoms with Gasteiger partial charge >= 0.3 is 0 Å². The summed E-state index contributed by atoms with van der Waals surface area (Å²) < 4.78 is 1.03. The summed E-state index contributed by atoms with van der Waals surface area (Å²) in [6.45, 7) is 5.26. The predicted molar refractivity (Wildman–Crippen MR) is 86.6 cm³/mol. The van der Waals surface area contributed by atoms with Crippen molar-refractivity contribution in [2.45, 2.75) is 32.7 Å². The number of amides is 1. The number of nitrogens with zero attached hydrogens (tertiary/aromatic N) is 2. The zero-order valence-electron chi connectivity index (χ0n) is 12.3. The van der Waals surface area contributed by atoms with Gasteiger partial charge in [0, 0.05) is 40.6 Å². The van der Waals surface area contributed by atoms with Crippen LogP contribution in [0.5, 0.6) is 0 Å². The minimum Gasteiger partial charge on any atom is -0.397 e. The predicted octanol–water partition coefficient (Wildman–Crippen LogP) is 2.06. The number of nitrogen functional groups attached to an aromatic ring is 1. The van der Waals surface area contributed by atoms with Crippen molar-refractivity contribution in [1.29, 1.82) is 0 Å². The van der Waals surface area contributed by atoms with Crippen LogP contribution < -0.4 is 11.5 Å². The summed E-state index contributed by atoms with van der Waals surface area (Å²) in [6.07, 6.45) is 1.94. The van der Waals surface area contributed by atoms with Crippen LogP contribution >= 0.6 is 11.3 Å². The third-order valence-electron chi connectivity index (χ3n) is 3.96. The van der Waals surface area contributed by atoms with E-state index in [0.29, 0.717) is 17.1 Å². The lowest BCUT2D eigenvalue weighted by molar-refractivity contribution is 0.0715. The van der Waals surface area contributed by atoms with Crippen molar-refractivity contribution in [3.63, 3.8) is 0 Å². The average molecular weight is 304 g/mol. The van der Waals surface area contributed by atoms with Crippen LogP contribution in [-0.4, -0.2) is 34.9 Å². The summed E-state index contributed by atoms with van der Waals surface area (Å²) in [5.41, 5.74) is 14.6. The van der Waals surface area contributed by atoms with Crippen LogP contribution in [0.15, 0.2) is 6.07 Å². The largest absolute Gasteiger partial charge is 0.397 e. The fourth-order valence-corrected chi connectivity index (χ4v) is 4.21. The molecule has 1 atom stereocenters. The van der Waals surface area contributed by atoms with Gasteiger partial charge in [0.1, 0.15) is 4.88 Å². The van der Waals surface area contributed by atoms with E-state index in [1.165, 1.54) is 11.3 Å². The number of pyridine rings is 1. The number of hydrogen-bond acceptors (Lipinski definition) is 5. The van der Waals surface area contributed by atoms with Crippen LogP contribution in [0.4, 0.5) is 5.69 Å². The maximum absolute atomic E-state index is 12.7. The van der Waals surface area contributed by atoms with Crippen LogP contribution in [0.25, 0.3) is 10.1 Å². The van der Waals surface area contributed by atoms with E-state index in [1.54, 1.807) is 0 Å². The third kappa shape index (κ3) is 2.49. The molecule has 0 spiro atoms. The third-order valence-corrected chi connectivity index (χ3v) is 5.10. The molecule has 1 saturated heterocycles. The molecule has 5 nitrogen and oxygen atoms in total. The minimum atomic E-state index is 0.000836. The molecule has 3 rings (SSSR count). The number of aromatic nitrogens is 1. The standard InChI is InChI=1S/C15H20N4OS/c1-8-6-11-12(9(2)18-8)13(17)14(21-11)15(20)19-5-3-4-10(16)7-19/h6,10H,3-5,7,16-17H2,1-2H3. The number of carbonyl (C=O) groups is 1. The summed E-state index contributed by atoms with van der Waals surface area (Å²) in [5.74, 6) is 0.000836. The summed E-state index contributed by atoms with van der Waals surface area (Å²) in [4.78, 5) is 19.6. The molecule has 4 N–H and O–H groups in total. The van der Waals surface area contributed by atoms with Crippen molar-refractivity contribution in [1.82, 2.24) is 9.88 Å². The molecule has 2 aromatic rings. The first-order valence-corrected chi connectivity index (χ1v) is 8.00. The van der Waals surface area contributed by atoms with Gasteiger partial charge in [-0.3, -0.25) is 9.78 Å². The Bertz CT molecular complexity index is 709. The number of fused-ring (bicyclic) bond motifs is 1. The molecule has 1 aliphatic heterocycles. The molecular weight excluding hydrogens is 284 g/mol. The Hall–Kier alpha value is -1.66. The van der Waals surface area contributed by atoms with Gasteiger partial charge < -0.3 is 16.4 Å². The highest BCUT2D eigenvalue weighted by Crippen LogP contribution is 2.36. The quantitative estimate of drug-likeness (QED) is 0.844. The lowest BCUT2D eigenvalue weighted by atomic mass is 10.1. The van der Waals surface area contributed by atoms with E-state index in [9.17, 15) is 4.79 Å². The summed E-state index contributed by atoms with van der Waals surface area (Å²) in [7, 11) is 0. The number of anilines is 1. The Balaban J connectivity index is 2.02. The van der Waals surface area contributed by atoms with Crippen LogP contribution in [0, 0.1) is 13.8 Å². The van der Waals surface area contributed by atoms with Gasteiger partial charge in [0.05, 0.1) is 5.69 Å². The van der Waals surface area contributed by atoms with Gasteiger partial charge in [-0.05, 0) is 32.8 Å². The maximum atomic E-state index is 12.7. The van der Waals surface area contributed by atoms with Crippen molar-refractivity contribution < 1.29 is 4.79 Å². The Morgan fingerprint density at radius 1 is 1.48 bits per heavy atom. The van der Waals surface area contributed by atoms with Crippen molar-refractivity contribution >= 4 is 33.0 Å². The SMILES string of the molecule is Cc1cc2sc(C(=O)N3CCCC(N)C3)c(N)c2c(C)n1. The highest BCUT2D eigenvalue weighted by Gasteiger charge is 2.26. The second-order valence-corrected chi connectivity index (χ2v) is 6.77. The van der Waals surface area contributed by atoms with Gasteiger partial charge in [-0.15, -0.1) is 11.3 Å². The number of piperidine rings is 1. The highest BCUT2D eigenvalue weighted by atomic mass is 32.1. The van der Waals surface area contributed by atoms with Crippen LogP contribution in [0.1, 0.15) is 33.9 Å². The average Bonchev–Trinajstić information content (AvgIpc) is 2.75. The molecule has 2 aromatic heterocycles. The van der Waals surface area contributed by atoms with E-state index >= 15 is 0 Å². The molecule has 0 radical (unpaired) electrons. The number of hydrogen-bond donors (Lipinski definition) is 2. The first-order valence-electron chi connectivity index (χ1n) is 7.18. The fraction of sp³-hybridized carbons (Fsp3) is 0.467. The fourth-order valence-electron chi connectivity index (χ4n) is 2.98. The Labute approximate surface area is 127 Å².